The van der Waals surface area contributed by atoms with Gasteiger partial charge in [-0.3, -0.25) is 10.1 Å². The summed E-state index contributed by atoms with van der Waals surface area (Å²) in [5, 5.41) is 18.5. The number of nitro benzene ring substituents is 1. The van der Waals surface area contributed by atoms with Gasteiger partial charge in [-0.05, 0) is 18.6 Å². The molecule has 0 radical (unpaired) electrons. The highest BCUT2D eigenvalue weighted by Crippen LogP contribution is 2.26. The zero-order valence-electron chi connectivity index (χ0n) is 9.21. The Hall–Kier alpha value is -1.67. The fourth-order valence-electron chi connectivity index (χ4n) is 1.25. The number of rotatable bonds is 5. The molecule has 0 heterocycles. The van der Waals surface area contributed by atoms with E-state index in [1.54, 1.807) is 0 Å². The van der Waals surface area contributed by atoms with Gasteiger partial charge in [0.2, 0.25) is 10.0 Å². The second-order valence-electron chi connectivity index (χ2n) is 3.41. The average molecular weight is 259 g/mol. The van der Waals surface area contributed by atoms with Crippen LogP contribution in [0.15, 0.2) is 23.1 Å². The lowest BCUT2D eigenvalue weighted by Crippen LogP contribution is -2.13. The highest BCUT2D eigenvalue weighted by molar-refractivity contribution is 7.89. The van der Waals surface area contributed by atoms with E-state index in [9.17, 15) is 18.5 Å². The van der Waals surface area contributed by atoms with Crippen molar-refractivity contribution in [2.75, 3.05) is 11.9 Å². The number of hydrogen-bond donors (Lipinski definition) is 2. The Morgan fingerprint density at radius 1 is 1.47 bits per heavy atom. The molecule has 0 aliphatic carbocycles. The van der Waals surface area contributed by atoms with Crippen molar-refractivity contribution >= 4 is 21.4 Å². The number of benzene rings is 1. The Morgan fingerprint density at radius 2 is 2.12 bits per heavy atom. The second-order valence-corrected chi connectivity index (χ2v) is 4.97. The molecular weight excluding hydrogens is 246 g/mol. The minimum atomic E-state index is -3.93. The number of primary sulfonamides is 1. The van der Waals surface area contributed by atoms with Gasteiger partial charge in [0.15, 0.2) is 0 Å². The van der Waals surface area contributed by atoms with Crippen molar-refractivity contribution in [3.8, 4) is 0 Å². The third-order valence-corrected chi connectivity index (χ3v) is 2.97. The topological polar surface area (TPSA) is 115 Å². The van der Waals surface area contributed by atoms with Gasteiger partial charge in [0.25, 0.3) is 5.69 Å². The van der Waals surface area contributed by atoms with E-state index >= 15 is 0 Å². The molecule has 3 N–H and O–H groups in total. The first-order valence-corrected chi connectivity index (χ1v) is 6.46. The van der Waals surface area contributed by atoms with Crippen LogP contribution < -0.4 is 10.5 Å². The standard InChI is InChI=1S/C9H13N3O4S/c1-2-5-11-8-4-3-7(17(10,15)16)6-9(8)12(13)14/h3-4,6,11H,2,5H2,1H3,(H2,10,15,16). The Morgan fingerprint density at radius 3 is 2.59 bits per heavy atom. The Bertz CT molecular complexity index is 527. The van der Waals surface area contributed by atoms with Crippen LogP contribution in [0.25, 0.3) is 0 Å². The molecule has 1 aromatic rings. The quantitative estimate of drug-likeness (QED) is 0.606. The van der Waals surface area contributed by atoms with E-state index < -0.39 is 14.9 Å². The highest BCUT2D eigenvalue weighted by Gasteiger charge is 2.18. The van der Waals surface area contributed by atoms with Crippen molar-refractivity contribution < 1.29 is 13.3 Å². The summed E-state index contributed by atoms with van der Waals surface area (Å²) < 4.78 is 22.1. The van der Waals surface area contributed by atoms with Gasteiger partial charge in [-0.2, -0.15) is 0 Å². The minimum Gasteiger partial charge on any atom is -0.380 e. The van der Waals surface area contributed by atoms with Crippen LogP contribution in [0.1, 0.15) is 13.3 Å². The number of nitro groups is 1. The summed E-state index contributed by atoms with van der Waals surface area (Å²) in [4.78, 5) is 9.88. The second kappa shape index (κ2) is 5.11. The van der Waals surface area contributed by atoms with E-state index in [0.29, 0.717) is 6.54 Å². The zero-order chi connectivity index (χ0) is 13.1. The molecule has 0 aliphatic rings. The van der Waals surface area contributed by atoms with E-state index in [4.69, 9.17) is 5.14 Å². The monoisotopic (exact) mass is 259 g/mol. The predicted octanol–water partition coefficient (Wildman–Crippen LogP) is 1.06. The van der Waals surface area contributed by atoms with Crippen LogP contribution in [-0.4, -0.2) is 19.9 Å². The van der Waals surface area contributed by atoms with Gasteiger partial charge in [0.05, 0.1) is 9.82 Å². The number of anilines is 1. The van der Waals surface area contributed by atoms with Crippen LogP contribution in [0, 0.1) is 10.1 Å². The number of sulfonamides is 1. The summed E-state index contributed by atoms with van der Waals surface area (Å²) in [6.45, 7) is 2.48. The van der Waals surface area contributed by atoms with Crippen LogP contribution in [0.2, 0.25) is 0 Å². The Balaban J connectivity index is 3.22. The van der Waals surface area contributed by atoms with Crippen molar-refractivity contribution in [2.24, 2.45) is 5.14 Å². The number of nitrogens with two attached hydrogens (primary N) is 1. The van der Waals surface area contributed by atoms with Crippen LogP contribution in [0.5, 0.6) is 0 Å². The molecule has 0 aliphatic heterocycles. The lowest BCUT2D eigenvalue weighted by molar-refractivity contribution is -0.384. The molecule has 0 saturated carbocycles. The molecule has 0 aromatic heterocycles. The molecular formula is C9H13N3O4S. The smallest absolute Gasteiger partial charge is 0.293 e. The normalized spacial score (nSPS) is 11.2. The maximum atomic E-state index is 11.1. The van der Waals surface area contributed by atoms with Crippen LogP contribution in [-0.2, 0) is 10.0 Å². The van der Waals surface area contributed by atoms with Crippen molar-refractivity contribution in [1.82, 2.24) is 0 Å². The molecule has 17 heavy (non-hydrogen) atoms. The lowest BCUT2D eigenvalue weighted by Gasteiger charge is -2.06. The van der Waals surface area contributed by atoms with Gasteiger partial charge in [0.1, 0.15) is 5.69 Å². The summed E-state index contributed by atoms with van der Waals surface area (Å²) in [6.07, 6.45) is 0.800. The van der Waals surface area contributed by atoms with Crippen molar-refractivity contribution in [3.63, 3.8) is 0 Å². The molecule has 1 rings (SSSR count). The first kappa shape index (κ1) is 13.4. The molecule has 0 fully saturated rings. The Labute approximate surface area is 98.8 Å². The lowest BCUT2D eigenvalue weighted by atomic mass is 10.2. The summed E-state index contributed by atoms with van der Waals surface area (Å²) in [7, 11) is -3.93. The largest absolute Gasteiger partial charge is 0.380 e. The van der Waals surface area contributed by atoms with Gasteiger partial charge >= 0.3 is 0 Å². The molecule has 1 aromatic carbocycles. The van der Waals surface area contributed by atoms with Gasteiger partial charge in [0, 0.05) is 12.6 Å². The van der Waals surface area contributed by atoms with Crippen LogP contribution in [0.3, 0.4) is 0 Å². The predicted molar refractivity (Wildman–Crippen MR) is 63.3 cm³/mol. The van der Waals surface area contributed by atoms with E-state index in [-0.39, 0.29) is 16.3 Å². The number of nitrogens with zero attached hydrogens (tertiary/aromatic N) is 1. The molecule has 0 bridgehead atoms. The Kier molecular flexibility index (Phi) is 4.02. The third-order valence-electron chi connectivity index (χ3n) is 2.06. The molecule has 0 amide bonds. The summed E-state index contributed by atoms with van der Waals surface area (Å²) in [5.41, 5.74) is -0.0192. The fraction of sp³-hybridized carbons (Fsp3) is 0.333. The highest BCUT2D eigenvalue weighted by atomic mass is 32.2. The molecule has 0 unspecified atom stereocenters. The first-order chi connectivity index (χ1) is 7.86. The van der Waals surface area contributed by atoms with E-state index in [1.165, 1.54) is 12.1 Å². The molecule has 0 atom stereocenters. The minimum absolute atomic E-state index is 0.272. The van der Waals surface area contributed by atoms with Crippen LogP contribution in [0.4, 0.5) is 11.4 Å². The maximum Gasteiger partial charge on any atom is 0.293 e. The van der Waals surface area contributed by atoms with Gasteiger partial charge < -0.3 is 5.32 Å². The number of hydrogen-bond acceptors (Lipinski definition) is 5. The SMILES string of the molecule is CCCNc1ccc(S(N)(=O)=O)cc1[N+](=O)[O-]. The molecule has 94 valence electrons. The van der Waals surface area contributed by atoms with E-state index in [2.05, 4.69) is 5.32 Å². The third kappa shape index (κ3) is 3.40. The molecule has 7 nitrogen and oxygen atoms in total. The van der Waals surface area contributed by atoms with Crippen molar-refractivity contribution in [1.29, 1.82) is 0 Å². The molecule has 0 saturated heterocycles. The van der Waals surface area contributed by atoms with Gasteiger partial charge in [-0.15, -0.1) is 0 Å². The zero-order valence-corrected chi connectivity index (χ0v) is 10.0. The summed E-state index contributed by atoms with van der Waals surface area (Å²) in [6, 6.07) is 3.53. The van der Waals surface area contributed by atoms with Crippen molar-refractivity contribution in [2.45, 2.75) is 18.2 Å². The first-order valence-electron chi connectivity index (χ1n) is 4.91. The maximum absolute atomic E-state index is 11.1. The van der Waals surface area contributed by atoms with Crippen molar-refractivity contribution in [3.05, 3.63) is 28.3 Å². The molecule has 8 heteroatoms. The van der Waals surface area contributed by atoms with Gasteiger partial charge in [-0.25, -0.2) is 13.6 Å². The van der Waals surface area contributed by atoms with Gasteiger partial charge in [-0.1, -0.05) is 6.92 Å². The molecule has 0 spiro atoms. The summed E-state index contributed by atoms with van der Waals surface area (Å²) in [5.74, 6) is 0. The van der Waals surface area contributed by atoms with E-state index in [1.807, 2.05) is 6.92 Å². The summed E-state index contributed by atoms with van der Waals surface area (Å²) >= 11 is 0. The average Bonchev–Trinajstić information content (AvgIpc) is 2.24. The number of nitrogens with one attached hydrogen (secondary N) is 1. The van der Waals surface area contributed by atoms with Crippen LogP contribution >= 0.6 is 0 Å². The fourth-order valence-corrected chi connectivity index (χ4v) is 1.78. The van der Waals surface area contributed by atoms with E-state index in [0.717, 1.165) is 12.5 Å².